The van der Waals surface area contributed by atoms with E-state index in [0.29, 0.717) is 24.4 Å². The van der Waals surface area contributed by atoms with E-state index in [1.807, 2.05) is 0 Å². The standard InChI is InChI=1S/C14H26N2O/c1-10-5-7-11(8-6-10)14(17)16-13-4-2-3-12(13)9-15/h10-13H,2-9,15H2,1H3,(H,16,17). The van der Waals surface area contributed by atoms with Gasteiger partial charge in [-0.2, -0.15) is 0 Å². The lowest BCUT2D eigenvalue weighted by atomic mass is 9.82. The fraction of sp³-hybridized carbons (Fsp3) is 0.929. The number of carbonyl (C=O) groups excluding carboxylic acids is 1. The highest BCUT2D eigenvalue weighted by Gasteiger charge is 2.30. The second-order valence-electron chi connectivity index (χ2n) is 6.00. The fourth-order valence-electron chi connectivity index (χ4n) is 3.33. The van der Waals surface area contributed by atoms with Gasteiger partial charge in [0.25, 0.3) is 0 Å². The van der Waals surface area contributed by atoms with Crippen LogP contribution in [0.25, 0.3) is 0 Å². The van der Waals surface area contributed by atoms with E-state index in [1.165, 1.54) is 25.7 Å². The molecule has 3 heteroatoms. The van der Waals surface area contributed by atoms with E-state index in [4.69, 9.17) is 5.73 Å². The minimum Gasteiger partial charge on any atom is -0.353 e. The third kappa shape index (κ3) is 3.21. The summed E-state index contributed by atoms with van der Waals surface area (Å²) in [6.07, 6.45) is 8.10. The van der Waals surface area contributed by atoms with Gasteiger partial charge in [0.2, 0.25) is 5.91 Å². The van der Waals surface area contributed by atoms with Gasteiger partial charge in [0.05, 0.1) is 0 Å². The summed E-state index contributed by atoms with van der Waals surface area (Å²) in [5.74, 6) is 1.89. The third-order valence-electron chi connectivity index (χ3n) is 4.68. The maximum atomic E-state index is 12.2. The zero-order chi connectivity index (χ0) is 12.3. The third-order valence-corrected chi connectivity index (χ3v) is 4.68. The summed E-state index contributed by atoms with van der Waals surface area (Å²) in [6, 6.07) is 0.354. The summed E-state index contributed by atoms with van der Waals surface area (Å²) in [5, 5.41) is 3.25. The molecule has 0 radical (unpaired) electrons. The molecule has 2 unspecified atom stereocenters. The van der Waals surface area contributed by atoms with Crippen molar-refractivity contribution in [2.45, 2.75) is 57.9 Å². The van der Waals surface area contributed by atoms with Gasteiger partial charge >= 0.3 is 0 Å². The Morgan fingerprint density at radius 1 is 1.18 bits per heavy atom. The van der Waals surface area contributed by atoms with Crippen LogP contribution in [-0.2, 0) is 4.79 Å². The highest BCUT2D eigenvalue weighted by atomic mass is 16.1. The molecule has 0 saturated heterocycles. The van der Waals surface area contributed by atoms with Gasteiger partial charge in [-0.3, -0.25) is 4.79 Å². The van der Waals surface area contributed by atoms with Gasteiger partial charge in [-0.1, -0.05) is 13.3 Å². The van der Waals surface area contributed by atoms with E-state index >= 15 is 0 Å². The Bertz CT molecular complexity index is 259. The average molecular weight is 238 g/mol. The summed E-state index contributed by atoms with van der Waals surface area (Å²) < 4.78 is 0. The van der Waals surface area contributed by atoms with Crippen molar-refractivity contribution in [2.24, 2.45) is 23.5 Å². The Morgan fingerprint density at radius 2 is 1.88 bits per heavy atom. The lowest BCUT2D eigenvalue weighted by Crippen LogP contribution is -2.43. The van der Waals surface area contributed by atoms with Gasteiger partial charge < -0.3 is 11.1 Å². The summed E-state index contributed by atoms with van der Waals surface area (Å²) >= 11 is 0. The SMILES string of the molecule is CC1CCC(C(=O)NC2CCCC2CN)CC1. The van der Waals surface area contributed by atoms with Crippen molar-refractivity contribution in [3.05, 3.63) is 0 Å². The smallest absolute Gasteiger partial charge is 0.223 e. The van der Waals surface area contributed by atoms with Crippen molar-refractivity contribution in [1.29, 1.82) is 0 Å². The van der Waals surface area contributed by atoms with Crippen molar-refractivity contribution >= 4 is 5.91 Å². The monoisotopic (exact) mass is 238 g/mol. The van der Waals surface area contributed by atoms with Crippen molar-refractivity contribution in [2.75, 3.05) is 6.54 Å². The van der Waals surface area contributed by atoms with Crippen LogP contribution in [0.1, 0.15) is 51.9 Å². The quantitative estimate of drug-likeness (QED) is 0.790. The Balaban J connectivity index is 1.80. The largest absolute Gasteiger partial charge is 0.353 e. The van der Waals surface area contributed by atoms with Gasteiger partial charge in [-0.15, -0.1) is 0 Å². The zero-order valence-electron chi connectivity index (χ0n) is 11.0. The normalized spacial score (nSPS) is 38.0. The van der Waals surface area contributed by atoms with Crippen LogP contribution in [-0.4, -0.2) is 18.5 Å². The van der Waals surface area contributed by atoms with Crippen LogP contribution >= 0.6 is 0 Å². The molecule has 2 rings (SSSR count). The topological polar surface area (TPSA) is 55.1 Å². The molecule has 0 aliphatic heterocycles. The molecule has 0 aromatic carbocycles. The number of hydrogen-bond donors (Lipinski definition) is 2. The first-order valence-corrected chi connectivity index (χ1v) is 7.21. The van der Waals surface area contributed by atoms with Gasteiger partial charge in [-0.25, -0.2) is 0 Å². The summed E-state index contributed by atoms with van der Waals surface area (Å²) in [4.78, 5) is 12.2. The molecule has 0 aromatic rings. The summed E-state index contributed by atoms with van der Waals surface area (Å²) in [5.41, 5.74) is 5.75. The molecular weight excluding hydrogens is 212 g/mol. The Hall–Kier alpha value is -0.570. The number of nitrogens with one attached hydrogen (secondary N) is 1. The van der Waals surface area contributed by atoms with Crippen molar-refractivity contribution in [3.8, 4) is 0 Å². The van der Waals surface area contributed by atoms with E-state index in [1.54, 1.807) is 0 Å². The van der Waals surface area contributed by atoms with Gasteiger partial charge in [-0.05, 0) is 56.9 Å². The molecule has 0 bridgehead atoms. The second-order valence-corrected chi connectivity index (χ2v) is 6.00. The van der Waals surface area contributed by atoms with Crippen LogP contribution < -0.4 is 11.1 Å². The molecular formula is C14H26N2O. The molecule has 0 spiro atoms. The first kappa shape index (κ1) is 12.9. The van der Waals surface area contributed by atoms with Crippen LogP contribution in [0.4, 0.5) is 0 Å². The Morgan fingerprint density at radius 3 is 2.53 bits per heavy atom. The van der Waals surface area contributed by atoms with Crippen LogP contribution in [0.3, 0.4) is 0 Å². The van der Waals surface area contributed by atoms with E-state index < -0.39 is 0 Å². The Kier molecular flexibility index (Phi) is 4.43. The molecule has 0 aromatic heterocycles. The van der Waals surface area contributed by atoms with Crippen LogP contribution in [0.15, 0.2) is 0 Å². The minimum atomic E-state index is 0.269. The summed E-state index contributed by atoms with van der Waals surface area (Å²) in [7, 11) is 0. The first-order chi connectivity index (χ1) is 8.20. The van der Waals surface area contributed by atoms with E-state index in [9.17, 15) is 4.79 Å². The van der Waals surface area contributed by atoms with E-state index in [-0.39, 0.29) is 5.92 Å². The maximum absolute atomic E-state index is 12.2. The van der Waals surface area contributed by atoms with Crippen molar-refractivity contribution < 1.29 is 4.79 Å². The Labute approximate surface area is 105 Å². The lowest BCUT2D eigenvalue weighted by Gasteiger charge is -2.28. The van der Waals surface area contributed by atoms with Crippen LogP contribution in [0.5, 0.6) is 0 Å². The van der Waals surface area contributed by atoms with Crippen molar-refractivity contribution in [1.82, 2.24) is 5.32 Å². The number of carbonyl (C=O) groups is 1. The second kappa shape index (κ2) is 5.85. The molecule has 98 valence electrons. The maximum Gasteiger partial charge on any atom is 0.223 e. The zero-order valence-corrected chi connectivity index (χ0v) is 11.0. The molecule has 3 N–H and O–H groups in total. The predicted octanol–water partition coefficient (Wildman–Crippen LogP) is 2.06. The van der Waals surface area contributed by atoms with Gasteiger partial charge in [0, 0.05) is 12.0 Å². The van der Waals surface area contributed by atoms with E-state index in [0.717, 1.165) is 25.2 Å². The fourth-order valence-corrected chi connectivity index (χ4v) is 3.33. The average Bonchev–Trinajstić information content (AvgIpc) is 2.77. The van der Waals surface area contributed by atoms with Crippen molar-refractivity contribution in [3.63, 3.8) is 0 Å². The lowest BCUT2D eigenvalue weighted by molar-refractivity contribution is -0.127. The molecule has 2 aliphatic carbocycles. The number of amides is 1. The summed E-state index contributed by atoms with van der Waals surface area (Å²) in [6.45, 7) is 3.00. The molecule has 2 atom stereocenters. The molecule has 17 heavy (non-hydrogen) atoms. The highest BCUT2D eigenvalue weighted by Crippen LogP contribution is 2.30. The molecule has 2 aliphatic rings. The van der Waals surface area contributed by atoms with E-state index in [2.05, 4.69) is 12.2 Å². The minimum absolute atomic E-state index is 0.269. The number of hydrogen-bond acceptors (Lipinski definition) is 2. The molecule has 0 heterocycles. The van der Waals surface area contributed by atoms with Crippen LogP contribution in [0.2, 0.25) is 0 Å². The number of rotatable bonds is 3. The molecule has 2 fully saturated rings. The molecule has 1 amide bonds. The number of nitrogens with two attached hydrogens (primary N) is 1. The molecule has 2 saturated carbocycles. The first-order valence-electron chi connectivity index (χ1n) is 7.21. The molecule has 3 nitrogen and oxygen atoms in total. The highest BCUT2D eigenvalue weighted by molar-refractivity contribution is 5.79. The van der Waals surface area contributed by atoms with Crippen LogP contribution in [0, 0.1) is 17.8 Å². The van der Waals surface area contributed by atoms with Gasteiger partial charge in [0.1, 0.15) is 0 Å². The van der Waals surface area contributed by atoms with Gasteiger partial charge in [0.15, 0.2) is 0 Å². The predicted molar refractivity (Wildman–Crippen MR) is 69.4 cm³/mol.